The van der Waals surface area contributed by atoms with Crippen LogP contribution in [0.15, 0.2) is 64.3 Å². The van der Waals surface area contributed by atoms with Gasteiger partial charge < -0.3 is 5.32 Å². The molecule has 0 aliphatic rings. The van der Waals surface area contributed by atoms with Gasteiger partial charge in [0.1, 0.15) is 17.7 Å². The van der Waals surface area contributed by atoms with Gasteiger partial charge in [-0.3, -0.25) is 4.90 Å². The van der Waals surface area contributed by atoms with Crippen LogP contribution in [0.25, 0.3) is 17.0 Å². The van der Waals surface area contributed by atoms with Crippen molar-refractivity contribution in [2.45, 2.75) is 26.4 Å². The highest BCUT2D eigenvalue weighted by molar-refractivity contribution is 9.10. The Hall–Kier alpha value is -3.95. The second kappa shape index (κ2) is 10.5. The molecule has 0 fully saturated rings. The third kappa shape index (κ3) is 5.26. The SMILES string of the molecule is CCNC(=O)N(c1cccc(Cc2cnc3ncc(-c4ccc(Br)c(F)c4)nn23)c1)C(C)N=C=O. The number of aliphatic imine (C=N–C) groups is 1. The molecular formula is C24H21BrFN7O2. The normalized spacial score (nSPS) is 11.7. The zero-order valence-electron chi connectivity index (χ0n) is 18.9. The number of imidazole rings is 1. The summed E-state index contributed by atoms with van der Waals surface area (Å²) in [5.41, 5.74) is 3.30. The Labute approximate surface area is 208 Å². The van der Waals surface area contributed by atoms with Crippen LogP contribution in [0.2, 0.25) is 0 Å². The van der Waals surface area contributed by atoms with Crippen LogP contribution < -0.4 is 10.2 Å². The molecule has 0 radical (unpaired) electrons. The van der Waals surface area contributed by atoms with E-state index in [1.165, 1.54) is 17.0 Å². The van der Waals surface area contributed by atoms with E-state index < -0.39 is 12.0 Å². The average molecular weight is 538 g/mol. The largest absolute Gasteiger partial charge is 0.338 e. The number of nitrogens with zero attached hydrogens (tertiary/aromatic N) is 6. The molecule has 178 valence electrons. The van der Waals surface area contributed by atoms with E-state index in [0.29, 0.717) is 40.2 Å². The molecule has 4 rings (SSSR count). The van der Waals surface area contributed by atoms with Crippen molar-refractivity contribution in [1.29, 1.82) is 0 Å². The van der Waals surface area contributed by atoms with Crippen molar-refractivity contribution >= 4 is 39.5 Å². The molecule has 0 aliphatic carbocycles. The molecule has 9 nitrogen and oxygen atoms in total. The molecule has 0 spiro atoms. The molecule has 2 aromatic heterocycles. The molecule has 0 aliphatic heterocycles. The highest BCUT2D eigenvalue weighted by Gasteiger charge is 2.22. The Balaban J connectivity index is 1.67. The second-order valence-corrected chi connectivity index (χ2v) is 8.49. The van der Waals surface area contributed by atoms with Gasteiger partial charge in [-0.2, -0.15) is 10.1 Å². The van der Waals surface area contributed by atoms with Gasteiger partial charge in [0.25, 0.3) is 5.78 Å². The molecule has 0 saturated heterocycles. The standard InChI is InChI=1S/C24H21BrFN7O2/c1-3-27-24(35)32(15(2)30-14-34)18-6-4-5-16(9-18)10-19-12-28-23-29-13-22(31-33(19)23)17-7-8-20(25)21(26)11-17/h4-9,11-13,15H,3,10H2,1-2H3,(H,27,35). The van der Waals surface area contributed by atoms with Crippen molar-refractivity contribution in [2.24, 2.45) is 4.99 Å². The van der Waals surface area contributed by atoms with Crippen LogP contribution in [-0.4, -0.2) is 44.4 Å². The molecule has 0 bridgehead atoms. The Morgan fingerprint density at radius 3 is 2.80 bits per heavy atom. The number of nitrogens with one attached hydrogen (secondary N) is 1. The summed E-state index contributed by atoms with van der Waals surface area (Å²) in [6, 6.07) is 11.7. The monoisotopic (exact) mass is 537 g/mol. The van der Waals surface area contributed by atoms with Gasteiger partial charge >= 0.3 is 6.03 Å². The lowest BCUT2D eigenvalue weighted by Gasteiger charge is -2.26. The van der Waals surface area contributed by atoms with Crippen LogP contribution in [-0.2, 0) is 11.2 Å². The van der Waals surface area contributed by atoms with E-state index in [1.807, 2.05) is 25.1 Å². The van der Waals surface area contributed by atoms with Crippen molar-refractivity contribution in [1.82, 2.24) is 24.9 Å². The minimum absolute atomic E-state index is 0.369. The van der Waals surface area contributed by atoms with E-state index in [-0.39, 0.29) is 6.03 Å². The Morgan fingerprint density at radius 1 is 1.26 bits per heavy atom. The number of carbonyl (C=O) groups excluding carboxylic acids is 2. The average Bonchev–Trinajstić information content (AvgIpc) is 3.23. The lowest BCUT2D eigenvalue weighted by molar-refractivity contribution is 0.245. The number of rotatable bonds is 7. The first-order valence-electron chi connectivity index (χ1n) is 10.8. The number of amides is 2. The van der Waals surface area contributed by atoms with Crippen LogP contribution in [0.3, 0.4) is 0 Å². The van der Waals surface area contributed by atoms with Crippen molar-refractivity contribution in [3.8, 4) is 11.3 Å². The third-order valence-corrected chi connectivity index (χ3v) is 5.89. The molecule has 2 heterocycles. The highest BCUT2D eigenvalue weighted by atomic mass is 79.9. The minimum atomic E-state index is -0.732. The number of fused-ring (bicyclic) bond motifs is 1. The Kier molecular flexibility index (Phi) is 7.28. The number of hydrogen-bond acceptors (Lipinski definition) is 6. The molecule has 1 N–H and O–H groups in total. The number of urea groups is 1. The lowest BCUT2D eigenvalue weighted by atomic mass is 10.1. The van der Waals surface area contributed by atoms with Crippen molar-refractivity contribution < 1.29 is 14.0 Å². The van der Waals surface area contributed by atoms with Gasteiger partial charge in [0.2, 0.25) is 6.08 Å². The summed E-state index contributed by atoms with van der Waals surface area (Å²) < 4.78 is 16.0. The predicted molar refractivity (Wildman–Crippen MR) is 132 cm³/mol. The van der Waals surface area contributed by atoms with E-state index in [4.69, 9.17) is 0 Å². The van der Waals surface area contributed by atoms with Gasteiger partial charge in [-0.15, -0.1) is 0 Å². The molecule has 2 aromatic carbocycles. The number of carbonyl (C=O) groups is 1. The first-order chi connectivity index (χ1) is 16.9. The fourth-order valence-corrected chi connectivity index (χ4v) is 3.87. The molecular weight excluding hydrogens is 517 g/mol. The molecule has 35 heavy (non-hydrogen) atoms. The van der Waals surface area contributed by atoms with Crippen molar-refractivity contribution in [3.63, 3.8) is 0 Å². The predicted octanol–water partition coefficient (Wildman–Crippen LogP) is 4.50. The fraction of sp³-hybridized carbons (Fsp3) is 0.208. The zero-order valence-corrected chi connectivity index (χ0v) is 20.5. The molecule has 1 atom stereocenters. The molecule has 0 saturated carbocycles. The number of hydrogen-bond donors (Lipinski definition) is 1. The summed E-state index contributed by atoms with van der Waals surface area (Å²) in [6.45, 7) is 3.87. The van der Waals surface area contributed by atoms with Gasteiger partial charge in [0.05, 0.1) is 22.6 Å². The van der Waals surface area contributed by atoms with Crippen LogP contribution in [0.5, 0.6) is 0 Å². The number of benzene rings is 2. The molecule has 4 aromatic rings. The number of aromatic nitrogens is 4. The van der Waals surface area contributed by atoms with Gasteiger partial charge in [-0.05, 0) is 59.6 Å². The minimum Gasteiger partial charge on any atom is -0.338 e. The zero-order chi connectivity index (χ0) is 24.9. The second-order valence-electron chi connectivity index (χ2n) is 7.64. The van der Waals surface area contributed by atoms with Crippen molar-refractivity contribution in [3.05, 3.63) is 76.4 Å². The van der Waals surface area contributed by atoms with Crippen LogP contribution >= 0.6 is 15.9 Å². The summed E-state index contributed by atoms with van der Waals surface area (Å²) in [5.74, 6) is 0.0206. The first kappa shape index (κ1) is 24.2. The Morgan fingerprint density at radius 2 is 2.06 bits per heavy atom. The maximum atomic E-state index is 14.0. The van der Waals surface area contributed by atoms with Gasteiger partial charge in [0, 0.05) is 24.2 Å². The first-order valence-corrected chi connectivity index (χ1v) is 11.6. The highest BCUT2D eigenvalue weighted by Crippen LogP contribution is 2.24. The summed E-state index contributed by atoms with van der Waals surface area (Å²) in [6.07, 6.45) is 4.45. The van der Waals surface area contributed by atoms with E-state index in [2.05, 4.69) is 41.3 Å². The fourth-order valence-electron chi connectivity index (χ4n) is 3.63. The molecule has 1 unspecified atom stereocenters. The van der Waals surface area contributed by atoms with E-state index in [1.54, 1.807) is 42.0 Å². The van der Waals surface area contributed by atoms with Crippen LogP contribution in [0.4, 0.5) is 14.9 Å². The van der Waals surface area contributed by atoms with Crippen LogP contribution in [0.1, 0.15) is 25.1 Å². The summed E-state index contributed by atoms with van der Waals surface area (Å²) >= 11 is 3.16. The maximum Gasteiger partial charge on any atom is 0.323 e. The topological polar surface area (TPSA) is 105 Å². The number of isocyanates is 1. The van der Waals surface area contributed by atoms with E-state index >= 15 is 0 Å². The van der Waals surface area contributed by atoms with Gasteiger partial charge in [0.15, 0.2) is 0 Å². The van der Waals surface area contributed by atoms with Gasteiger partial charge in [-0.1, -0.05) is 18.2 Å². The van der Waals surface area contributed by atoms with Crippen LogP contribution in [0, 0.1) is 5.82 Å². The maximum absolute atomic E-state index is 14.0. The van der Waals surface area contributed by atoms with Gasteiger partial charge in [-0.25, -0.2) is 28.5 Å². The van der Waals surface area contributed by atoms with E-state index in [0.717, 1.165) is 11.3 Å². The van der Waals surface area contributed by atoms with E-state index in [9.17, 15) is 14.0 Å². The summed E-state index contributed by atoms with van der Waals surface area (Å²) in [7, 11) is 0. The summed E-state index contributed by atoms with van der Waals surface area (Å²) in [4.78, 5) is 37.2. The quantitative estimate of drug-likeness (QED) is 0.276. The summed E-state index contributed by atoms with van der Waals surface area (Å²) in [5, 5.41) is 7.35. The Bertz CT molecular complexity index is 1430. The lowest BCUT2D eigenvalue weighted by Crippen LogP contribution is -2.44. The molecule has 11 heteroatoms. The molecule has 2 amide bonds. The van der Waals surface area contributed by atoms with Crippen molar-refractivity contribution in [2.75, 3.05) is 11.4 Å². The number of anilines is 1. The smallest absolute Gasteiger partial charge is 0.323 e. The number of halogens is 2. The third-order valence-electron chi connectivity index (χ3n) is 5.25.